The van der Waals surface area contributed by atoms with E-state index >= 15 is 0 Å². The number of hydrogen-bond donors (Lipinski definition) is 2. The maximum absolute atomic E-state index is 9.75. The van der Waals surface area contributed by atoms with Crippen molar-refractivity contribution in [3.63, 3.8) is 0 Å². The molecule has 0 unspecified atom stereocenters. The Kier molecular flexibility index (Phi) is 5.57. The molecule has 1 aliphatic rings. The number of rotatable bonds is 4. The van der Waals surface area contributed by atoms with Crippen molar-refractivity contribution in [3.8, 4) is 34.1 Å². The Labute approximate surface area is 233 Å². The van der Waals surface area contributed by atoms with Crippen molar-refractivity contribution in [1.29, 1.82) is 0 Å². The molecule has 0 spiro atoms. The molecule has 2 aromatic heterocycles. The van der Waals surface area contributed by atoms with Gasteiger partial charge in [-0.1, -0.05) is 19.9 Å². The van der Waals surface area contributed by atoms with Crippen LogP contribution in [0.5, 0.6) is 11.5 Å². The second kappa shape index (κ2) is 9.06. The first-order valence-electron chi connectivity index (χ1n) is 14.0. The zero-order valence-corrected chi connectivity index (χ0v) is 23.2. The SMILES string of the molecule is CC[C@H]1c2cc3c(C)c(-c4ccc(O)cc4)oc3cc2[C@@H](c2ccc3oc(-c4ccc(O)cc4)c(C)c3c2)[C@@H]1C. The molecule has 4 nitrogen and oxygen atoms in total. The first kappa shape index (κ1) is 24.6. The molecule has 2 N–H and O–H groups in total. The van der Waals surface area contributed by atoms with Crippen molar-refractivity contribution in [1.82, 2.24) is 0 Å². The number of phenols is 2. The second-order valence-electron chi connectivity index (χ2n) is 11.3. The van der Waals surface area contributed by atoms with Gasteiger partial charge in [0, 0.05) is 38.9 Å². The van der Waals surface area contributed by atoms with Gasteiger partial charge in [-0.2, -0.15) is 0 Å². The highest BCUT2D eigenvalue weighted by atomic mass is 16.3. The molecule has 0 bridgehead atoms. The summed E-state index contributed by atoms with van der Waals surface area (Å²) in [6.07, 6.45) is 1.08. The summed E-state index contributed by atoms with van der Waals surface area (Å²) in [5.74, 6) is 3.35. The van der Waals surface area contributed by atoms with Crippen LogP contribution in [0.15, 0.2) is 87.7 Å². The van der Waals surface area contributed by atoms with Crippen LogP contribution in [0.4, 0.5) is 0 Å². The molecule has 0 aliphatic heterocycles. The Bertz CT molecular complexity index is 1890. The van der Waals surface area contributed by atoms with Crippen LogP contribution in [-0.2, 0) is 0 Å². The van der Waals surface area contributed by atoms with Crippen LogP contribution in [0.25, 0.3) is 44.6 Å². The van der Waals surface area contributed by atoms with Gasteiger partial charge in [0.1, 0.15) is 34.2 Å². The summed E-state index contributed by atoms with van der Waals surface area (Å²) in [6, 6.07) is 25.7. The summed E-state index contributed by atoms with van der Waals surface area (Å²) < 4.78 is 12.8. The van der Waals surface area contributed by atoms with E-state index < -0.39 is 0 Å². The minimum atomic E-state index is 0.246. The molecule has 1 aliphatic carbocycles. The predicted molar refractivity (Wildman–Crippen MR) is 160 cm³/mol. The van der Waals surface area contributed by atoms with Crippen LogP contribution >= 0.6 is 0 Å². The Morgan fingerprint density at radius 3 is 1.77 bits per heavy atom. The van der Waals surface area contributed by atoms with Crippen LogP contribution in [0.3, 0.4) is 0 Å². The average molecular weight is 529 g/mol. The number of hydrogen-bond acceptors (Lipinski definition) is 4. The predicted octanol–water partition coefficient (Wildman–Crippen LogP) is 9.82. The summed E-state index contributed by atoms with van der Waals surface area (Å²) in [4.78, 5) is 0. The summed E-state index contributed by atoms with van der Waals surface area (Å²) in [6.45, 7) is 8.90. The minimum absolute atomic E-state index is 0.246. The van der Waals surface area contributed by atoms with Crippen LogP contribution in [0.1, 0.15) is 59.9 Å². The van der Waals surface area contributed by atoms with Crippen LogP contribution < -0.4 is 0 Å². The number of fused-ring (bicyclic) bond motifs is 3. The highest BCUT2D eigenvalue weighted by Crippen LogP contribution is 2.53. The Morgan fingerprint density at radius 1 is 0.650 bits per heavy atom. The monoisotopic (exact) mass is 528 g/mol. The topological polar surface area (TPSA) is 66.7 Å². The van der Waals surface area contributed by atoms with Crippen molar-refractivity contribution in [2.45, 2.75) is 46.0 Å². The van der Waals surface area contributed by atoms with Gasteiger partial charge in [-0.05, 0) is 122 Å². The maximum atomic E-state index is 9.75. The van der Waals surface area contributed by atoms with Gasteiger partial charge in [0.15, 0.2) is 0 Å². The van der Waals surface area contributed by atoms with Gasteiger partial charge in [-0.15, -0.1) is 0 Å². The molecule has 7 rings (SSSR count). The molecule has 3 atom stereocenters. The van der Waals surface area contributed by atoms with Crippen molar-refractivity contribution in [2.24, 2.45) is 5.92 Å². The summed E-state index contributed by atoms with van der Waals surface area (Å²) in [7, 11) is 0. The quantitative estimate of drug-likeness (QED) is 0.239. The van der Waals surface area contributed by atoms with Crippen LogP contribution in [0, 0.1) is 19.8 Å². The average Bonchev–Trinajstić information content (AvgIpc) is 3.56. The van der Waals surface area contributed by atoms with E-state index in [-0.39, 0.29) is 17.4 Å². The van der Waals surface area contributed by atoms with Gasteiger partial charge in [-0.3, -0.25) is 0 Å². The Morgan fingerprint density at radius 2 is 1.20 bits per heavy atom. The zero-order valence-electron chi connectivity index (χ0n) is 23.2. The summed E-state index contributed by atoms with van der Waals surface area (Å²) >= 11 is 0. The maximum Gasteiger partial charge on any atom is 0.138 e. The Balaban J connectivity index is 1.35. The van der Waals surface area contributed by atoms with Crippen molar-refractivity contribution >= 4 is 21.9 Å². The molecular formula is C36H32O4. The number of aryl methyl sites for hydroxylation is 2. The fraction of sp³-hybridized carbons (Fsp3) is 0.222. The lowest BCUT2D eigenvalue weighted by atomic mass is 9.82. The molecule has 6 aromatic rings. The van der Waals surface area contributed by atoms with Gasteiger partial charge < -0.3 is 19.0 Å². The van der Waals surface area contributed by atoms with E-state index in [9.17, 15) is 10.2 Å². The molecule has 0 saturated carbocycles. The van der Waals surface area contributed by atoms with Gasteiger partial charge >= 0.3 is 0 Å². The smallest absolute Gasteiger partial charge is 0.138 e. The number of benzene rings is 4. The van der Waals surface area contributed by atoms with Crippen LogP contribution in [-0.4, -0.2) is 10.2 Å². The third-order valence-electron chi connectivity index (χ3n) is 9.06. The largest absolute Gasteiger partial charge is 0.508 e. The zero-order chi connectivity index (χ0) is 27.7. The van der Waals surface area contributed by atoms with E-state index in [2.05, 4.69) is 58.0 Å². The van der Waals surface area contributed by atoms with Crippen molar-refractivity contribution in [3.05, 3.63) is 107 Å². The Hall–Kier alpha value is -4.44. The minimum Gasteiger partial charge on any atom is -0.508 e. The second-order valence-corrected chi connectivity index (χ2v) is 11.3. The van der Waals surface area contributed by atoms with Gasteiger partial charge in [-0.25, -0.2) is 0 Å². The van der Waals surface area contributed by atoms with Crippen molar-refractivity contribution in [2.75, 3.05) is 0 Å². The molecule has 2 heterocycles. The first-order valence-corrected chi connectivity index (χ1v) is 14.0. The van der Waals surface area contributed by atoms with E-state index in [4.69, 9.17) is 8.83 Å². The van der Waals surface area contributed by atoms with Gasteiger partial charge in [0.25, 0.3) is 0 Å². The number of furan rings is 2. The van der Waals surface area contributed by atoms with Gasteiger partial charge in [0.05, 0.1) is 0 Å². The third-order valence-corrected chi connectivity index (χ3v) is 9.06. The molecule has 4 heteroatoms. The van der Waals surface area contributed by atoms with E-state index in [1.165, 1.54) is 16.7 Å². The van der Waals surface area contributed by atoms with E-state index in [0.29, 0.717) is 11.8 Å². The molecule has 200 valence electrons. The van der Waals surface area contributed by atoms with Crippen molar-refractivity contribution < 1.29 is 19.0 Å². The summed E-state index contributed by atoms with van der Waals surface area (Å²) in [5.41, 5.74) is 10.00. The fourth-order valence-electron chi connectivity index (χ4n) is 6.97. The third kappa shape index (κ3) is 3.66. The lowest BCUT2D eigenvalue weighted by Crippen LogP contribution is -2.09. The number of phenolic OH excluding ortho intramolecular Hbond substituents is 2. The van der Waals surface area contributed by atoms with Gasteiger partial charge in [0.2, 0.25) is 0 Å². The van der Waals surface area contributed by atoms with E-state index in [0.717, 1.165) is 62.1 Å². The molecule has 0 amide bonds. The fourth-order valence-corrected chi connectivity index (χ4v) is 6.97. The normalized spacial score (nSPS) is 18.6. The first-order chi connectivity index (χ1) is 19.3. The molecule has 0 saturated heterocycles. The summed E-state index contributed by atoms with van der Waals surface area (Å²) in [5, 5.41) is 21.8. The number of aromatic hydroxyl groups is 2. The van der Waals surface area contributed by atoms with E-state index in [1.54, 1.807) is 24.3 Å². The lowest BCUT2D eigenvalue weighted by Gasteiger charge is -2.21. The van der Waals surface area contributed by atoms with E-state index in [1.807, 2.05) is 24.3 Å². The molecular weight excluding hydrogens is 496 g/mol. The molecule has 40 heavy (non-hydrogen) atoms. The highest BCUT2D eigenvalue weighted by molar-refractivity contribution is 5.91. The molecule has 4 aromatic carbocycles. The highest BCUT2D eigenvalue weighted by Gasteiger charge is 2.39. The lowest BCUT2D eigenvalue weighted by molar-refractivity contribution is 0.448. The standard InChI is InChI=1S/C36H32O4/c1-5-27-19(2)34(24-10-15-32-28(16-24)20(3)35(39-32)22-6-11-25(37)12-7-22)31-18-33-29(17-30(27)31)21(4)36(40-33)23-8-13-26(38)14-9-23/h6-19,27,34,37-38H,5H2,1-4H3/t19-,27-,34-/m1/s1. The molecule has 0 fully saturated rings. The molecule has 0 radical (unpaired) electrons. The van der Waals surface area contributed by atoms with Crippen LogP contribution in [0.2, 0.25) is 0 Å².